The van der Waals surface area contributed by atoms with Crippen molar-refractivity contribution in [2.75, 3.05) is 25.8 Å². The number of rotatable bonds is 4. The fourth-order valence-corrected chi connectivity index (χ4v) is 5.73. The minimum absolute atomic E-state index is 0.190. The van der Waals surface area contributed by atoms with Crippen LogP contribution in [0.5, 0.6) is 0 Å². The highest BCUT2D eigenvalue weighted by atomic mass is 35.5. The molecule has 1 aromatic carbocycles. The third-order valence-electron chi connectivity index (χ3n) is 4.05. The Morgan fingerprint density at radius 3 is 2.67 bits per heavy atom. The van der Waals surface area contributed by atoms with E-state index < -0.39 is 16.3 Å². The maximum Gasteiger partial charge on any atom is 0.365 e. The fourth-order valence-electron chi connectivity index (χ4n) is 2.64. The average Bonchev–Trinajstić information content (AvgIpc) is 3.15. The number of allylic oxidation sites excluding steroid dienone is 1. The molecule has 144 valence electrons. The summed E-state index contributed by atoms with van der Waals surface area (Å²) in [4.78, 5) is 26.9. The van der Waals surface area contributed by atoms with Crippen LogP contribution in [0.2, 0.25) is 5.02 Å². The van der Waals surface area contributed by atoms with E-state index in [9.17, 15) is 9.59 Å². The summed E-state index contributed by atoms with van der Waals surface area (Å²) in [6, 6.07) is 7.14. The third kappa shape index (κ3) is 3.39. The van der Waals surface area contributed by atoms with Crippen molar-refractivity contribution in [3.8, 4) is 0 Å². The van der Waals surface area contributed by atoms with Gasteiger partial charge in [0.05, 0.1) is 19.4 Å². The minimum Gasteiger partial charge on any atom is -0.464 e. The number of thioether (sulfide) groups is 2. The van der Waals surface area contributed by atoms with Crippen molar-refractivity contribution >= 4 is 57.8 Å². The van der Waals surface area contributed by atoms with E-state index in [1.54, 1.807) is 30.1 Å². The highest BCUT2D eigenvalue weighted by molar-refractivity contribution is 8.28. The number of hydrazone groups is 1. The van der Waals surface area contributed by atoms with E-state index in [4.69, 9.17) is 21.1 Å². The first-order valence-electron chi connectivity index (χ1n) is 8.06. The standard InChI is InChI=1S/C17H18ClN3O4S2/c1-5-25-15(22)13-10(2)20(3)17(26-13)21(12-8-6-7-11(18)9-12)19-14(27-17)16(23)24-4/h6-9H,5H2,1-4H3/t17-/m1/s1. The van der Waals surface area contributed by atoms with Crippen molar-refractivity contribution in [3.05, 3.63) is 39.9 Å². The van der Waals surface area contributed by atoms with E-state index in [0.29, 0.717) is 15.6 Å². The number of nitrogens with zero attached hydrogens (tertiary/aromatic N) is 3. The lowest BCUT2D eigenvalue weighted by molar-refractivity contribution is -0.137. The molecule has 0 aliphatic carbocycles. The predicted octanol–water partition coefficient (Wildman–Crippen LogP) is 3.46. The van der Waals surface area contributed by atoms with Gasteiger partial charge in [-0.25, -0.2) is 14.6 Å². The van der Waals surface area contributed by atoms with E-state index in [1.165, 1.54) is 30.6 Å². The Morgan fingerprint density at radius 1 is 1.30 bits per heavy atom. The van der Waals surface area contributed by atoms with Gasteiger partial charge < -0.3 is 14.4 Å². The number of methoxy groups -OCH3 is 1. The summed E-state index contributed by atoms with van der Waals surface area (Å²) in [7, 11) is 3.15. The summed E-state index contributed by atoms with van der Waals surface area (Å²) in [5.74, 6) is -0.943. The molecule has 0 radical (unpaired) electrons. The van der Waals surface area contributed by atoms with Crippen LogP contribution in [0.3, 0.4) is 0 Å². The zero-order chi connectivity index (χ0) is 19.8. The summed E-state index contributed by atoms with van der Waals surface area (Å²) in [5, 5.41) is 6.87. The molecule has 2 aliphatic rings. The van der Waals surface area contributed by atoms with Crippen LogP contribution < -0.4 is 5.01 Å². The molecule has 0 bridgehead atoms. The van der Waals surface area contributed by atoms with E-state index >= 15 is 0 Å². The first-order chi connectivity index (χ1) is 12.8. The number of hydrogen-bond donors (Lipinski definition) is 0. The van der Waals surface area contributed by atoms with E-state index in [-0.39, 0.29) is 11.7 Å². The summed E-state index contributed by atoms with van der Waals surface area (Å²) in [6.45, 7) is 3.87. The van der Waals surface area contributed by atoms with Crippen LogP contribution in [0.15, 0.2) is 40.0 Å². The van der Waals surface area contributed by atoms with Crippen molar-refractivity contribution in [2.45, 2.75) is 18.2 Å². The predicted molar refractivity (Wildman–Crippen MR) is 108 cm³/mol. The zero-order valence-electron chi connectivity index (χ0n) is 15.2. The number of anilines is 1. The lowest BCUT2D eigenvalue weighted by atomic mass is 10.3. The molecule has 10 heteroatoms. The summed E-state index contributed by atoms with van der Waals surface area (Å²) >= 11 is 8.64. The quantitative estimate of drug-likeness (QED) is 0.676. The Kier molecular flexibility index (Phi) is 5.64. The fraction of sp³-hybridized carbons (Fsp3) is 0.353. The second-order valence-electron chi connectivity index (χ2n) is 5.64. The normalized spacial score (nSPS) is 21.7. The maximum absolute atomic E-state index is 12.4. The summed E-state index contributed by atoms with van der Waals surface area (Å²) in [5.41, 5.74) is 1.42. The third-order valence-corrected chi connectivity index (χ3v) is 7.32. The second-order valence-corrected chi connectivity index (χ2v) is 8.67. The number of ether oxygens (including phenoxy) is 2. The molecule has 0 fully saturated rings. The first-order valence-corrected chi connectivity index (χ1v) is 10.1. The van der Waals surface area contributed by atoms with Gasteiger partial charge in [0.25, 0.3) is 0 Å². The van der Waals surface area contributed by atoms with Gasteiger partial charge in [-0.1, -0.05) is 29.4 Å². The molecular weight excluding hydrogens is 410 g/mol. The smallest absolute Gasteiger partial charge is 0.365 e. The first kappa shape index (κ1) is 19.9. The molecule has 7 nitrogen and oxygen atoms in total. The van der Waals surface area contributed by atoms with Crippen LogP contribution in [0.25, 0.3) is 0 Å². The molecular formula is C17H18ClN3O4S2. The lowest BCUT2D eigenvalue weighted by Crippen LogP contribution is -2.47. The van der Waals surface area contributed by atoms with E-state index in [0.717, 1.165) is 5.70 Å². The van der Waals surface area contributed by atoms with Crippen LogP contribution in [-0.2, 0) is 19.1 Å². The van der Waals surface area contributed by atoms with Gasteiger partial charge in [0, 0.05) is 17.8 Å². The Labute approximate surface area is 170 Å². The van der Waals surface area contributed by atoms with E-state index in [2.05, 4.69) is 5.10 Å². The molecule has 1 aromatic rings. The van der Waals surface area contributed by atoms with Crippen LogP contribution in [0, 0.1) is 0 Å². The van der Waals surface area contributed by atoms with Gasteiger partial charge >= 0.3 is 11.9 Å². The average molecular weight is 428 g/mol. The zero-order valence-corrected chi connectivity index (χ0v) is 17.6. The highest BCUT2D eigenvalue weighted by Gasteiger charge is 2.56. The van der Waals surface area contributed by atoms with Crippen LogP contribution >= 0.6 is 35.1 Å². The maximum atomic E-state index is 12.4. The van der Waals surface area contributed by atoms with Crippen LogP contribution in [0.4, 0.5) is 5.69 Å². The molecule has 0 saturated carbocycles. The van der Waals surface area contributed by atoms with Gasteiger partial charge in [0.15, 0.2) is 0 Å². The topological polar surface area (TPSA) is 71.4 Å². The Bertz CT molecular complexity index is 860. The Balaban J connectivity index is 2.05. The molecule has 2 aliphatic heterocycles. The lowest BCUT2D eigenvalue weighted by Gasteiger charge is -2.39. The van der Waals surface area contributed by atoms with E-state index in [1.807, 2.05) is 24.9 Å². The molecule has 0 N–H and O–H groups in total. The molecule has 0 amide bonds. The molecule has 2 heterocycles. The van der Waals surface area contributed by atoms with Crippen LogP contribution in [-0.4, -0.2) is 47.0 Å². The van der Waals surface area contributed by atoms with Gasteiger partial charge in [-0.3, -0.25) is 0 Å². The number of carbonyl (C=O) groups is 2. The monoisotopic (exact) mass is 427 g/mol. The number of benzene rings is 1. The minimum atomic E-state index is -0.902. The van der Waals surface area contributed by atoms with Crippen LogP contribution in [0.1, 0.15) is 13.8 Å². The largest absolute Gasteiger partial charge is 0.464 e. The molecule has 27 heavy (non-hydrogen) atoms. The molecule has 0 unspecified atom stereocenters. The number of halogens is 1. The van der Waals surface area contributed by atoms with Crippen molar-refractivity contribution in [1.82, 2.24) is 4.90 Å². The Morgan fingerprint density at radius 2 is 2.04 bits per heavy atom. The van der Waals surface area contributed by atoms with Crippen molar-refractivity contribution in [3.63, 3.8) is 0 Å². The second kappa shape index (κ2) is 7.65. The van der Waals surface area contributed by atoms with Crippen molar-refractivity contribution in [2.24, 2.45) is 5.10 Å². The number of esters is 2. The van der Waals surface area contributed by atoms with Crippen molar-refractivity contribution in [1.29, 1.82) is 0 Å². The van der Waals surface area contributed by atoms with Crippen molar-refractivity contribution < 1.29 is 19.1 Å². The number of carbonyl (C=O) groups excluding carboxylic acids is 2. The number of hydrogen-bond acceptors (Lipinski definition) is 9. The highest BCUT2D eigenvalue weighted by Crippen LogP contribution is 2.58. The van der Waals surface area contributed by atoms with Gasteiger partial charge in [-0.2, -0.15) is 5.10 Å². The molecule has 1 spiro atoms. The summed E-state index contributed by atoms with van der Waals surface area (Å²) in [6.07, 6.45) is 0. The SMILES string of the molecule is CCOC(=O)C1=C(C)N(C)[C@]2(SC(C(=O)OC)=NN2c2cccc(Cl)c2)S1. The molecule has 0 saturated heterocycles. The molecule has 1 atom stereocenters. The molecule has 3 rings (SSSR count). The van der Waals surface area contributed by atoms with Gasteiger partial charge in [-0.05, 0) is 43.8 Å². The van der Waals surface area contributed by atoms with Gasteiger partial charge in [0.1, 0.15) is 4.91 Å². The summed E-state index contributed by atoms with van der Waals surface area (Å²) < 4.78 is 9.12. The molecule has 0 aromatic heterocycles. The van der Waals surface area contributed by atoms with Gasteiger partial charge in [0.2, 0.25) is 9.37 Å². The van der Waals surface area contributed by atoms with Gasteiger partial charge in [-0.15, -0.1) is 0 Å². The Hall–Kier alpha value is -1.84.